The first kappa shape index (κ1) is 35.4. The summed E-state index contributed by atoms with van der Waals surface area (Å²) < 4.78 is 5.24. The lowest BCUT2D eigenvalue weighted by Crippen LogP contribution is -2.39. The number of aliphatic hydroxyl groups is 2. The molecular formula is C33H47ClO6. The minimum Gasteiger partial charge on any atom is -0.481 e. The fourth-order valence-corrected chi connectivity index (χ4v) is 4.22. The number of aliphatic carboxylic acids is 1. The first-order valence-electron chi connectivity index (χ1n) is 14.2. The van der Waals surface area contributed by atoms with Crippen molar-refractivity contribution in [2.24, 2.45) is 17.8 Å². The Morgan fingerprint density at radius 3 is 2.35 bits per heavy atom. The Morgan fingerprint density at radius 1 is 0.950 bits per heavy atom. The summed E-state index contributed by atoms with van der Waals surface area (Å²) in [4.78, 5) is 23.2. The molecule has 5 atom stereocenters. The van der Waals surface area contributed by atoms with Gasteiger partial charge in [-0.15, -0.1) is 0 Å². The zero-order chi connectivity index (χ0) is 29.9. The first-order chi connectivity index (χ1) is 19.0. The average Bonchev–Trinajstić information content (AvgIpc) is 2.90. The topological polar surface area (TPSA) is 104 Å². The molecule has 40 heavy (non-hydrogen) atoms. The summed E-state index contributed by atoms with van der Waals surface area (Å²) in [6.07, 6.45) is 24.1. The van der Waals surface area contributed by atoms with E-state index in [1.54, 1.807) is 12.2 Å². The number of carboxylic acids is 1. The van der Waals surface area contributed by atoms with Gasteiger partial charge in [-0.05, 0) is 63.4 Å². The highest BCUT2D eigenvalue weighted by atomic mass is 35.5. The van der Waals surface area contributed by atoms with Crippen LogP contribution in [-0.2, 0) is 14.3 Å². The number of hydrogen-bond acceptors (Lipinski definition) is 5. The van der Waals surface area contributed by atoms with Gasteiger partial charge in [0.2, 0.25) is 0 Å². The lowest BCUT2D eigenvalue weighted by Gasteiger charge is -2.30. The summed E-state index contributed by atoms with van der Waals surface area (Å²) in [7, 11) is 0. The molecule has 7 heteroatoms. The highest BCUT2D eigenvalue weighted by molar-refractivity contribution is 6.29. The third-order valence-electron chi connectivity index (χ3n) is 6.62. The Balaban J connectivity index is 2.39. The van der Waals surface area contributed by atoms with E-state index in [1.807, 2.05) is 49.5 Å². The molecule has 1 aliphatic rings. The van der Waals surface area contributed by atoms with E-state index in [2.05, 4.69) is 32.9 Å². The van der Waals surface area contributed by atoms with Gasteiger partial charge in [0.25, 0.3) is 0 Å². The van der Waals surface area contributed by atoms with Crippen molar-refractivity contribution in [3.05, 3.63) is 83.5 Å². The van der Waals surface area contributed by atoms with E-state index in [1.165, 1.54) is 6.08 Å². The number of ether oxygens (including phenoxy) is 1. The third-order valence-corrected chi connectivity index (χ3v) is 7.11. The summed E-state index contributed by atoms with van der Waals surface area (Å²) in [5, 5.41) is 30.1. The van der Waals surface area contributed by atoms with Crippen molar-refractivity contribution < 1.29 is 29.6 Å². The lowest BCUT2D eigenvalue weighted by molar-refractivity contribution is -0.159. The Kier molecular flexibility index (Phi) is 17.9. The number of carbonyl (C=O) groups excluding carboxylic acids is 1. The number of allylic oxidation sites excluding steroid dienone is 13. The highest BCUT2D eigenvalue weighted by Gasteiger charge is 2.34. The second-order valence-electron chi connectivity index (χ2n) is 10.7. The van der Waals surface area contributed by atoms with E-state index >= 15 is 0 Å². The van der Waals surface area contributed by atoms with Gasteiger partial charge in [0, 0.05) is 17.5 Å². The molecule has 0 aromatic carbocycles. The molecule has 0 saturated heterocycles. The molecule has 0 aromatic heterocycles. The maximum absolute atomic E-state index is 12.0. The van der Waals surface area contributed by atoms with Crippen LogP contribution in [-0.4, -0.2) is 45.6 Å². The number of rotatable bonds is 16. The van der Waals surface area contributed by atoms with E-state index in [-0.39, 0.29) is 18.4 Å². The molecular weight excluding hydrogens is 528 g/mol. The molecule has 6 nitrogen and oxygen atoms in total. The SMILES string of the molecule is CC(/C=C/C=C/C(=O)O[C@@H]1C[C@@H](C(=O)O)CC[C@@H]1O)=C\C=C\C=C(/Cl)[C@@H](C)CC[C@H](O)CC/C=C/C=C/C(C)C. The van der Waals surface area contributed by atoms with Crippen LogP contribution in [0.5, 0.6) is 0 Å². The summed E-state index contributed by atoms with van der Waals surface area (Å²) in [6, 6.07) is 0. The molecule has 0 aromatic rings. The molecule has 3 N–H and O–H groups in total. The smallest absolute Gasteiger partial charge is 0.331 e. The number of halogens is 1. The summed E-state index contributed by atoms with van der Waals surface area (Å²) in [6.45, 7) is 8.25. The largest absolute Gasteiger partial charge is 0.481 e. The van der Waals surface area contributed by atoms with Crippen LogP contribution in [0, 0.1) is 17.8 Å². The van der Waals surface area contributed by atoms with Crippen LogP contribution in [0.25, 0.3) is 0 Å². The Hall–Kier alpha value is -2.67. The predicted octanol–water partition coefficient (Wildman–Crippen LogP) is 7.21. The molecule has 222 valence electrons. The fraction of sp³-hybridized carbons (Fsp3) is 0.515. The molecule has 1 saturated carbocycles. The molecule has 0 bridgehead atoms. The van der Waals surface area contributed by atoms with E-state index in [0.717, 1.165) is 29.9 Å². The minimum atomic E-state index is -0.935. The fourth-order valence-electron chi connectivity index (χ4n) is 4.04. The van der Waals surface area contributed by atoms with Crippen molar-refractivity contribution in [3.63, 3.8) is 0 Å². The van der Waals surface area contributed by atoms with Crippen molar-refractivity contribution in [1.29, 1.82) is 0 Å². The molecule has 1 rings (SSSR count). The molecule has 0 unspecified atom stereocenters. The van der Waals surface area contributed by atoms with Gasteiger partial charge in [0.15, 0.2) is 0 Å². The quantitative estimate of drug-likeness (QED) is 0.102. The molecule has 1 aliphatic carbocycles. The third kappa shape index (κ3) is 16.4. The van der Waals surface area contributed by atoms with Crippen LogP contribution in [0.2, 0.25) is 0 Å². The Morgan fingerprint density at radius 2 is 1.65 bits per heavy atom. The molecule has 1 fully saturated rings. The maximum atomic E-state index is 12.0. The molecule has 0 amide bonds. The number of aliphatic hydroxyl groups excluding tert-OH is 2. The van der Waals surface area contributed by atoms with Crippen LogP contribution >= 0.6 is 11.6 Å². The zero-order valence-electron chi connectivity index (χ0n) is 24.3. The number of carbonyl (C=O) groups is 2. The lowest BCUT2D eigenvalue weighted by atomic mass is 9.85. The molecule has 0 heterocycles. The highest BCUT2D eigenvalue weighted by Crippen LogP contribution is 2.27. The van der Waals surface area contributed by atoms with Crippen LogP contribution in [0.15, 0.2) is 83.5 Å². The molecule has 0 spiro atoms. The van der Waals surface area contributed by atoms with Crippen LogP contribution in [0.4, 0.5) is 0 Å². The van der Waals surface area contributed by atoms with E-state index in [4.69, 9.17) is 21.4 Å². The molecule has 0 aliphatic heterocycles. The second kappa shape index (κ2) is 20.2. The van der Waals surface area contributed by atoms with Gasteiger partial charge in [-0.3, -0.25) is 4.79 Å². The van der Waals surface area contributed by atoms with Crippen LogP contribution in [0.1, 0.15) is 72.6 Å². The maximum Gasteiger partial charge on any atom is 0.331 e. The minimum absolute atomic E-state index is 0.119. The van der Waals surface area contributed by atoms with Gasteiger partial charge in [0.05, 0.1) is 18.1 Å². The molecule has 0 radical (unpaired) electrons. The first-order valence-corrected chi connectivity index (χ1v) is 14.6. The van der Waals surface area contributed by atoms with E-state index in [9.17, 15) is 19.8 Å². The van der Waals surface area contributed by atoms with Crippen molar-refractivity contribution in [3.8, 4) is 0 Å². The Labute approximate surface area is 245 Å². The van der Waals surface area contributed by atoms with Gasteiger partial charge in [0.1, 0.15) is 6.10 Å². The summed E-state index contributed by atoms with van der Waals surface area (Å²) in [5.41, 5.74) is 0.954. The predicted molar refractivity (Wildman–Crippen MR) is 163 cm³/mol. The van der Waals surface area contributed by atoms with Gasteiger partial charge in [-0.25, -0.2) is 4.79 Å². The second-order valence-corrected chi connectivity index (χ2v) is 11.2. The van der Waals surface area contributed by atoms with Crippen LogP contribution in [0.3, 0.4) is 0 Å². The summed E-state index contributed by atoms with van der Waals surface area (Å²) >= 11 is 6.43. The van der Waals surface area contributed by atoms with E-state index in [0.29, 0.717) is 25.2 Å². The van der Waals surface area contributed by atoms with Crippen molar-refractivity contribution >= 4 is 23.5 Å². The number of esters is 1. The van der Waals surface area contributed by atoms with E-state index < -0.39 is 30.1 Å². The van der Waals surface area contributed by atoms with Gasteiger partial charge >= 0.3 is 11.9 Å². The monoisotopic (exact) mass is 574 g/mol. The van der Waals surface area contributed by atoms with Gasteiger partial charge < -0.3 is 20.1 Å². The summed E-state index contributed by atoms with van der Waals surface area (Å²) in [5.74, 6) is -1.46. The number of carboxylic acid groups (broad SMARTS) is 1. The zero-order valence-corrected chi connectivity index (χ0v) is 25.0. The van der Waals surface area contributed by atoms with Crippen molar-refractivity contribution in [2.75, 3.05) is 0 Å². The Bertz CT molecular complexity index is 985. The number of hydrogen-bond donors (Lipinski definition) is 3. The van der Waals surface area contributed by atoms with Crippen LogP contribution < -0.4 is 0 Å². The van der Waals surface area contributed by atoms with Crippen molar-refractivity contribution in [1.82, 2.24) is 0 Å². The normalized spacial score (nSPS) is 22.9. The van der Waals surface area contributed by atoms with Crippen molar-refractivity contribution in [2.45, 2.75) is 91.0 Å². The average molecular weight is 575 g/mol. The van der Waals surface area contributed by atoms with Gasteiger partial charge in [-0.2, -0.15) is 0 Å². The standard InChI is InChI=1S/C33H47ClO6/c1-24(2)13-7-5-6-8-16-28(35)21-19-26(4)29(34)17-11-9-14-25(3)15-10-12-18-32(37)40-31-23-27(33(38)39)20-22-30(31)36/h5-7,9-15,17-18,24,26-28,30-31,35-36H,8,16,19-23H2,1-4H3,(H,38,39)/b6-5+,11-9+,13-7+,15-10+,18-12+,25-14+,29-17-/t26-,27-,28+,30-,31+/m0/s1. The van der Waals surface area contributed by atoms with Gasteiger partial charge in [-0.1, -0.05) is 98.7 Å².